The van der Waals surface area contributed by atoms with Gasteiger partial charge in [-0.05, 0) is 48.5 Å². The molecule has 3 amide bonds. The molecule has 3 N–H and O–H groups in total. The molecule has 0 spiro atoms. The molecule has 0 aliphatic rings. The topological polar surface area (TPSA) is 104 Å². The Bertz CT molecular complexity index is 1140. The average molecular weight is 423 g/mol. The van der Waals surface area contributed by atoms with Crippen molar-refractivity contribution in [2.45, 2.75) is 11.8 Å². The van der Waals surface area contributed by atoms with Gasteiger partial charge in [0.25, 0.3) is 5.91 Å². The van der Waals surface area contributed by atoms with E-state index >= 15 is 0 Å². The van der Waals surface area contributed by atoms with E-state index in [2.05, 4.69) is 16.0 Å². The summed E-state index contributed by atoms with van der Waals surface area (Å²) >= 11 is 0. The highest BCUT2D eigenvalue weighted by Crippen LogP contribution is 2.20. The quantitative estimate of drug-likeness (QED) is 0.547. The predicted molar refractivity (Wildman–Crippen MR) is 118 cm³/mol. The molecule has 0 radical (unpaired) electrons. The van der Waals surface area contributed by atoms with Gasteiger partial charge >= 0.3 is 6.03 Å². The maximum Gasteiger partial charge on any atom is 0.323 e. The largest absolute Gasteiger partial charge is 0.323 e. The number of nitrogens with one attached hydrogen (secondary N) is 3. The van der Waals surface area contributed by atoms with E-state index in [1.807, 2.05) is 18.2 Å². The maximum absolute atomic E-state index is 12.6. The predicted octanol–water partition coefficient (Wildman–Crippen LogP) is 4.38. The number of para-hydroxylation sites is 1. The molecule has 154 valence electrons. The standard InChI is InChI=1S/C22H21N3O4S/c1-2-30(28,29)20-11-7-6-10-19(20)21(26)23-17-12-14-18(15-13-17)25-22(27)24-16-8-4-3-5-9-16/h3-15H,2H2,1H3,(H,23,26)(H2,24,25,27). The zero-order chi connectivity index (χ0) is 21.6. The number of hydrogen-bond acceptors (Lipinski definition) is 4. The normalized spacial score (nSPS) is 10.8. The van der Waals surface area contributed by atoms with Gasteiger partial charge in [0.15, 0.2) is 9.84 Å². The molecule has 0 aromatic heterocycles. The van der Waals surface area contributed by atoms with Crippen LogP contribution >= 0.6 is 0 Å². The van der Waals surface area contributed by atoms with Crippen LogP contribution in [0.1, 0.15) is 17.3 Å². The third-order valence-electron chi connectivity index (χ3n) is 4.28. The number of rotatable bonds is 6. The monoisotopic (exact) mass is 423 g/mol. The first-order chi connectivity index (χ1) is 14.4. The number of urea groups is 1. The van der Waals surface area contributed by atoms with Gasteiger partial charge in [-0.15, -0.1) is 0 Å². The average Bonchev–Trinajstić information content (AvgIpc) is 2.75. The third kappa shape index (κ3) is 5.24. The minimum Gasteiger partial charge on any atom is -0.322 e. The van der Waals surface area contributed by atoms with E-state index in [9.17, 15) is 18.0 Å². The van der Waals surface area contributed by atoms with Crippen molar-refractivity contribution in [1.29, 1.82) is 0 Å². The molecule has 7 nitrogen and oxygen atoms in total. The van der Waals surface area contributed by atoms with Crippen LogP contribution in [0, 0.1) is 0 Å². The number of carbonyl (C=O) groups excluding carboxylic acids is 2. The Kier molecular flexibility index (Phi) is 6.48. The number of amides is 3. The number of carbonyl (C=O) groups is 2. The van der Waals surface area contributed by atoms with E-state index in [4.69, 9.17) is 0 Å². The molecule has 0 aliphatic carbocycles. The second-order valence-electron chi connectivity index (χ2n) is 6.38. The first kappa shape index (κ1) is 21.1. The fourth-order valence-electron chi connectivity index (χ4n) is 2.73. The number of benzene rings is 3. The molecule has 0 fully saturated rings. The summed E-state index contributed by atoms with van der Waals surface area (Å²) in [6, 6.07) is 21.2. The Morgan fingerprint density at radius 2 is 1.20 bits per heavy atom. The summed E-state index contributed by atoms with van der Waals surface area (Å²) in [6.07, 6.45) is 0. The van der Waals surface area contributed by atoms with Gasteiger partial charge in [-0.1, -0.05) is 37.3 Å². The Balaban J connectivity index is 1.66. The lowest BCUT2D eigenvalue weighted by Gasteiger charge is -2.11. The van der Waals surface area contributed by atoms with Crippen molar-refractivity contribution in [1.82, 2.24) is 0 Å². The Labute approximate surface area is 175 Å². The van der Waals surface area contributed by atoms with Crippen molar-refractivity contribution < 1.29 is 18.0 Å². The van der Waals surface area contributed by atoms with Crippen LogP contribution in [0.4, 0.5) is 21.9 Å². The van der Waals surface area contributed by atoms with Gasteiger partial charge in [0, 0.05) is 17.1 Å². The van der Waals surface area contributed by atoms with Crippen molar-refractivity contribution in [3.8, 4) is 0 Å². The molecule has 30 heavy (non-hydrogen) atoms. The maximum atomic E-state index is 12.6. The molecule has 0 atom stereocenters. The molecular formula is C22H21N3O4S. The van der Waals surface area contributed by atoms with Crippen LogP contribution in [0.3, 0.4) is 0 Å². The fourth-order valence-corrected chi connectivity index (χ4v) is 3.82. The van der Waals surface area contributed by atoms with Crippen LogP contribution in [0.5, 0.6) is 0 Å². The molecular weight excluding hydrogens is 402 g/mol. The van der Waals surface area contributed by atoms with E-state index in [0.29, 0.717) is 17.1 Å². The lowest BCUT2D eigenvalue weighted by molar-refractivity contribution is 0.102. The summed E-state index contributed by atoms with van der Waals surface area (Å²) in [6.45, 7) is 1.53. The van der Waals surface area contributed by atoms with Crippen molar-refractivity contribution in [3.63, 3.8) is 0 Å². The van der Waals surface area contributed by atoms with Gasteiger partial charge in [-0.3, -0.25) is 4.79 Å². The van der Waals surface area contributed by atoms with Crippen LogP contribution in [0.15, 0.2) is 83.8 Å². The van der Waals surface area contributed by atoms with Gasteiger partial charge in [0.05, 0.1) is 16.2 Å². The van der Waals surface area contributed by atoms with Gasteiger partial charge in [-0.25, -0.2) is 13.2 Å². The summed E-state index contributed by atoms with van der Waals surface area (Å²) in [5.74, 6) is -0.618. The number of hydrogen-bond donors (Lipinski definition) is 3. The summed E-state index contributed by atoms with van der Waals surface area (Å²) in [7, 11) is -3.53. The second-order valence-corrected chi connectivity index (χ2v) is 8.62. The summed E-state index contributed by atoms with van der Waals surface area (Å²) < 4.78 is 24.5. The van der Waals surface area contributed by atoms with Gasteiger partial charge < -0.3 is 16.0 Å². The summed E-state index contributed by atoms with van der Waals surface area (Å²) in [5, 5.41) is 8.09. The van der Waals surface area contributed by atoms with Crippen LogP contribution < -0.4 is 16.0 Å². The van der Waals surface area contributed by atoms with E-state index in [1.165, 1.54) is 19.1 Å². The minimum absolute atomic E-state index is 0.000805. The Hall–Kier alpha value is -3.65. The zero-order valence-electron chi connectivity index (χ0n) is 16.3. The molecule has 0 aliphatic heterocycles. The summed E-state index contributed by atoms with van der Waals surface area (Å²) in [5.41, 5.74) is 1.76. The molecule has 8 heteroatoms. The summed E-state index contributed by atoms with van der Waals surface area (Å²) in [4.78, 5) is 24.6. The fraction of sp³-hybridized carbons (Fsp3) is 0.0909. The van der Waals surface area contributed by atoms with E-state index in [1.54, 1.807) is 48.5 Å². The molecule has 0 bridgehead atoms. The van der Waals surface area contributed by atoms with Gasteiger partial charge in [0.1, 0.15) is 0 Å². The number of sulfone groups is 1. The molecule has 3 aromatic rings. The SMILES string of the molecule is CCS(=O)(=O)c1ccccc1C(=O)Nc1ccc(NC(=O)Nc2ccccc2)cc1. The van der Waals surface area contributed by atoms with Crippen molar-refractivity contribution in [2.24, 2.45) is 0 Å². The molecule has 0 saturated heterocycles. The molecule has 3 rings (SSSR count). The highest BCUT2D eigenvalue weighted by Gasteiger charge is 2.20. The van der Waals surface area contributed by atoms with Crippen LogP contribution in [-0.4, -0.2) is 26.1 Å². The molecule has 0 heterocycles. The number of anilines is 3. The van der Waals surface area contributed by atoms with Crippen LogP contribution in [0.25, 0.3) is 0 Å². The smallest absolute Gasteiger partial charge is 0.322 e. The first-order valence-electron chi connectivity index (χ1n) is 9.25. The van der Waals surface area contributed by atoms with Crippen molar-refractivity contribution in [3.05, 3.63) is 84.4 Å². The highest BCUT2D eigenvalue weighted by atomic mass is 32.2. The highest BCUT2D eigenvalue weighted by molar-refractivity contribution is 7.91. The molecule has 3 aromatic carbocycles. The van der Waals surface area contributed by atoms with Gasteiger partial charge in [-0.2, -0.15) is 0 Å². The minimum atomic E-state index is -3.53. The zero-order valence-corrected chi connectivity index (χ0v) is 17.1. The lowest BCUT2D eigenvalue weighted by Crippen LogP contribution is -2.19. The van der Waals surface area contributed by atoms with Crippen molar-refractivity contribution >= 4 is 38.8 Å². The Morgan fingerprint density at radius 3 is 1.80 bits per heavy atom. The van der Waals surface area contributed by atoms with Crippen LogP contribution in [0.2, 0.25) is 0 Å². The van der Waals surface area contributed by atoms with Crippen LogP contribution in [-0.2, 0) is 9.84 Å². The van der Waals surface area contributed by atoms with Gasteiger partial charge in [0.2, 0.25) is 0 Å². The second kappa shape index (κ2) is 9.23. The third-order valence-corrected chi connectivity index (χ3v) is 6.07. The van der Waals surface area contributed by atoms with E-state index in [0.717, 1.165) is 0 Å². The molecule has 0 unspecified atom stereocenters. The van der Waals surface area contributed by atoms with E-state index < -0.39 is 21.8 Å². The Morgan fingerprint density at radius 1 is 0.700 bits per heavy atom. The lowest BCUT2D eigenvalue weighted by atomic mass is 10.2. The van der Waals surface area contributed by atoms with E-state index in [-0.39, 0.29) is 16.2 Å². The molecule has 0 saturated carbocycles. The first-order valence-corrected chi connectivity index (χ1v) is 10.9. The van der Waals surface area contributed by atoms with Crippen molar-refractivity contribution in [2.75, 3.05) is 21.7 Å².